The first kappa shape index (κ1) is 12.1. The first-order chi connectivity index (χ1) is 8.61. The Morgan fingerprint density at radius 2 is 2.17 bits per heavy atom. The molecular formula is C12H11FN2O3. The van der Waals surface area contributed by atoms with Gasteiger partial charge in [-0.3, -0.25) is 4.79 Å². The summed E-state index contributed by atoms with van der Waals surface area (Å²) in [6.45, 7) is 1.69. The molecule has 94 valence electrons. The highest BCUT2D eigenvalue weighted by Gasteiger charge is 2.12. The fourth-order valence-corrected chi connectivity index (χ4v) is 1.46. The van der Waals surface area contributed by atoms with Crippen LogP contribution in [-0.2, 0) is 0 Å². The highest BCUT2D eigenvalue weighted by molar-refractivity contribution is 5.39. The number of aromatic nitrogens is 2. The zero-order valence-corrected chi connectivity index (χ0v) is 9.86. The van der Waals surface area contributed by atoms with Gasteiger partial charge in [0, 0.05) is 0 Å². The van der Waals surface area contributed by atoms with Crippen LogP contribution in [0.3, 0.4) is 0 Å². The number of methoxy groups -OCH3 is 1. The van der Waals surface area contributed by atoms with Crippen molar-refractivity contribution >= 4 is 0 Å². The number of nitrogens with zero attached hydrogens (tertiary/aromatic N) is 1. The molecular weight excluding hydrogens is 239 g/mol. The number of hydrogen-bond donors (Lipinski definition) is 1. The Labute approximate surface area is 102 Å². The third kappa shape index (κ3) is 2.32. The molecule has 2 rings (SSSR count). The van der Waals surface area contributed by atoms with Crippen LogP contribution in [0.15, 0.2) is 29.3 Å². The van der Waals surface area contributed by atoms with Crippen molar-refractivity contribution in [3.8, 4) is 17.4 Å². The average molecular weight is 250 g/mol. The van der Waals surface area contributed by atoms with E-state index in [1.165, 1.54) is 31.6 Å². The molecule has 0 bridgehead atoms. The van der Waals surface area contributed by atoms with E-state index in [1.54, 1.807) is 6.92 Å². The van der Waals surface area contributed by atoms with Crippen molar-refractivity contribution in [3.05, 3.63) is 46.3 Å². The Kier molecular flexibility index (Phi) is 3.27. The van der Waals surface area contributed by atoms with Crippen molar-refractivity contribution in [2.24, 2.45) is 0 Å². The molecule has 0 radical (unpaired) electrons. The van der Waals surface area contributed by atoms with Crippen molar-refractivity contribution in [2.45, 2.75) is 6.92 Å². The Bertz CT molecular complexity index is 625. The summed E-state index contributed by atoms with van der Waals surface area (Å²) in [7, 11) is 1.34. The third-order valence-electron chi connectivity index (χ3n) is 2.33. The van der Waals surface area contributed by atoms with Gasteiger partial charge in [0.1, 0.15) is 11.6 Å². The fraction of sp³-hybridized carbons (Fsp3) is 0.167. The van der Waals surface area contributed by atoms with E-state index >= 15 is 0 Å². The number of benzene rings is 1. The SMILES string of the molecule is COc1c(Oc2ccc(F)cc2C)nc[nH]c1=O. The van der Waals surface area contributed by atoms with Gasteiger partial charge in [0.05, 0.1) is 13.4 Å². The number of hydrogen-bond acceptors (Lipinski definition) is 4. The van der Waals surface area contributed by atoms with E-state index in [-0.39, 0.29) is 17.4 Å². The maximum Gasteiger partial charge on any atom is 0.297 e. The van der Waals surface area contributed by atoms with Crippen molar-refractivity contribution in [1.82, 2.24) is 9.97 Å². The lowest BCUT2D eigenvalue weighted by Crippen LogP contribution is -2.11. The summed E-state index contributed by atoms with van der Waals surface area (Å²) < 4.78 is 23.3. The number of nitrogens with one attached hydrogen (secondary N) is 1. The molecule has 1 heterocycles. The van der Waals surface area contributed by atoms with Crippen LogP contribution in [0.2, 0.25) is 0 Å². The van der Waals surface area contributed by atoms with Crippen LogP contribution in [0.1, 0.15) is 5.56 Å². The van der Waals surface area contributed by atoms with Gasteiger partial charge in [-0.25, -0.2) is 9.37 Å². The number of H-pyrrole nitrogens is 1. The summed E-state index contributed by atoms with van der Waals surface area (Å²) >= 11 is 0. The molecule has 0 aliphatic carbocycles. The molecule has 0 amide bonds. The smallest absolute Gasteiger partial charge is 0.297 e. The number of rotatable bonds is 3. The van der Waals surface area contributed by atoms with E-state index < -0.39 is 5.56 Å². The zero-order valence-electron chi connectivity index (χ0n) is 9.86. The third-order valence-corrected chi connectivity index (χ3v) is 2.33. The fourth-order valence-electron chi connectivity index (χ4n) is 1.46. The maximum atomic E-state index is 12.9. The lowest BCUT2D eigenvalue weighted by Gasteiger charge is -2.09. The minimum atomic E-state index is -0.442. The van der Waals surface area contributed by atoms with Gasteiger partial charge < -0.3 is 14.5 Å². The minimum absolute atomic E-state index is 0.0266. The van der Waals surface area contributed by atoms with E-state index in [9.17, 15) is 9.18 Å². The van der Waals surface area contributed by atoms with Crippen LogP contribution < -0.4 is 15.0 Å². The predicted molar refractivity (Wildman–Crippen MR) is 62.6 cm³/mol. The molecule has 0 aliphatic heterocycles. The second-order valence-corrected chi connectivity index (χ2v) is 3.58. The van der Waals surface area contributed by atoms with Crippen molar-refractivity contribution in [2.75, 3.05) is 7.11 Å². The van der Waals surface area contributed by atoms with Gasteiger partial charge >= 0.3 is 0 Å². The largest absolute Gasteiger partial charge is 0.487 e. The van der Waals surface area contributed by atoms with E-state index in [2.05, 4.69) is 9.97 Å². The molecule has 6 heteroatoms. The molecule has 0 saturated carbocycles. The van der Waals surface area contributed by atoms with E-state index in [0.29, 0.717) is 11.3 Å². The minimum Gasteiger partial charge on any atom is -0.487 e. The summed E-state index contributed by atoms with van der Waals surface area (Å²) in [6.07, 6.45) is 1.21. The Morgan fingerprint density at radius 1 is 1.39 bits per heavy atom. The molecule has 1 aromatic heterocycles. The van der Waals surface area contributed by atoms with Gasteiger partial charge in [0.25, 0.3) is 11.4 Å². The molecule has 0 spiro atoms. The van der Waals surface area contributed by atoms with Gasteiger partial charge in [0.15, 0.2) is 0 Å². The molecule has 0 saturated heterocycles. The first-order valence-electron chi connectivity index (χ1n) is 5.17. The Morgan fingerprint density at radius 3 is 2.83 bits per heavy atom. The summed E-state index contributed by atoms with van der Waals surface area (Å²) in [6, 6.07) is 4.06. The molecule has 0 unspecified atom stereocenters. The highest BCUT2D eigenvalue weighted by Crippen LogP contribution is 2.28. The number of ether oxygens (including phenoxy) is 2. The summed E-state index contributed by atoms with van der Waals surface area (Å²) in [5.41, 5.74) is 0.154. The lowest BCUT2D eigenvalue weighted by molar-refractivity contribution is 0.362. The van der Waals surface area contributed by atoms with Crippen molar-refractivity contribution < 1.29 is 13.9 Å². The van der Waals surface area contributed by atoms with Gasteiger partial charge in [-0.05, 0) is 30.7 Å². The van der Waals surface area contributed by atoms with Crippen LogP contribution in [-0.4, -0.2) is 17.1 Å². The van der Waals surface area contributed by atoms with Crippen LogP contribution in [0.4, 0.5) is 4.39 Å². The Balaban J connectivity index is 2.40. The molecule has 2 aromatic rings. The summed E-state index contributed by atoms with van der Waals surface area (Å²) in [5.74, 6) is 0.0654. The number of aromatic amines is 1. The van der Waals surface area contributed by atoms with E-state index in [4.69, 9.17) is 9.47 Å². The van der Waals surface area contributed by atoms with Gasteiger partial charge in [-0.1, -0.05) is 0 Å². The van der Waals surface area contributed by atoms with E-state index in [0.717, 1.165) is 0 Å². The van der Waals surface area contributed by atoms with Crippen LogP contribution in [0.5, 0.6) is 17.4 Å². The lowest BCUT2D eigenvalue weighted by atomic mass is 10.2. The van der Waals surface area contributed by atoms with Gasteiger partial charge in [-0.2, -0.15) is 0 Å². The Hall–Kier alpha value is -2.37. The second-order valence-electron chi connectivity index (χ2n) is 3.58. The molecule has 0 aliphatic rings. The van der Waals surface area contributed by atoms with Gasteiger partial charge in [-0.15, -0.1) is 0 Å². The molecule has 0 fully saturated rings. The zero-order chi connectivity index (χ0) is 13.1. The van der Waals surface area contributed by atoms with Crippen molar-refractivity contribution in [3.63, 3.8) is 0 Å². The predicted octanol–water partition coefficient (Wildman–Crippen LogP) is 2.02. The van der Waals surface area contributed by atoms with Crippen LogP contribution in [0.25, 0.3) is 0 Å². The molecule has 1 N–H and O–H groups in total. The van der Waals surface area contributed by atoms with Crippen LogP contribution >= 0.6 is 0 Å². The van der Waals surface area contributed by atoms with Crippen LogP contribution in [0, 0.1) is 12.7 Å². The molecule has 18 heavy (non-hydrogen) atoms. The standard InChI is InChI=1S/C12H11FN2O3/c1-7-5-8(13)3-4-9(7)18-12-10(17-2)11(16)14-6-15-12/h3-6H,1-2H3,(H,14,15,16). The normalized spacial score (nSPS) is 10.2. The average Bonchev–Trinajstić information content (AvgIpc) is 2.33. The number of halogens is 1. The summed E-state index contributed by atoms with van der Waals surface area (Å²) in [4.78, 5) is 17.7. The topological polar surface area (TPSA) is 64.2 Å². The summed E-state index contributed by atoms with van der Waals surface area (Å²) in [5, 5.41) is 0. The first-order valence-corrected chi connectivity index (χ1v) is 5.17. The highest BCUT2D eigenvalue weighted by atomic mass is 19.1. The van der Waals surface area contributed by atoms with Crippen molar-refractivity contribution in [1.29, 1.82) is 0 Å². The molecule has 1 aromatic carbocycles. The number of aryl methyl sites for hydroxylation is 1. The van der Waals surface area contributed by atoms with E-state index in [1.807, 2.05) is 0 Å². The quantitative estimate of drug-likeness (QED) is 0.905. The molecule has 0 atom stereocenters. The monoisotopic (exact) mass is 250 g/mol. The maximum absolute atomic E-state index is 12.9. The van der Waals surface area contributed by atoms with Gasteiger partial charge in [0.2, 0.25) is 5.75 Å². The second kappa shape index (κ2) is 4.87. The molecule has 5 nitrogen and oxygen atoms in total.